The molecule has 2 aliphatic rings. The minimum absolute atomic E-state index is 0.248. The van der Waals surface area contributed by atoms with E-state index in [0.29, 0.717) is 36.2 Å². The molecule has 3 nitrogen and oxygen atoms in total. The van der Waals surface area contributed by atoms with Gasteiger partial charge in [-0.2, -0.15) is 0 Å². The molecule has 0 saturated heterocycles. The zero-order valence-electron chi connectivity index (χ0n) is 25.0. The van der Waals surface area contributed by atoms with Gasteiger partial charge in [0.05, 0.1) is 0 Å². The van der Waals surface area contributed by atoms with E-state index >= 15 is 0 Å². The summed E-state index contributed by atoms with van der Waals surface area (Å²) in [5, 5.41) is 0. The van der Waals surface area contributed by atoms with Crippen LogP contribution in [0.3, 0.4) is 0 Å². The fourth-order valence-electron chi connectivity index (χ4n) is 6.94. The maximum absolute atomic E-state index is 12.8. The summed E-state index contributed by atoms with van der Waals surface area (Å²) in [5.74, 6) is 2.82. The maximum Gasteiger partial charge on any atom is 0.141 e. The van der Waals surface area contributed by atoms with Crippen LogP contribution in [-0.4, -0.2) is 17.3 Å². The summed E-state index contributed by atoms with van der Waals surface area (Å²) in [5.41, 5.74) is 4.87. The van der Waals surface area contributed by atoms with Crippen molar-refractivity contribution in [3.8, 4) is 0 Å². The highest BCUT2D eigenvalue weighted by molar-refractivity contribution is 5.83. The van der Waals surface area contributed by atoms with Crippen LogP contribution in [0.2, 0.25) is 0 Å². The molecule has 2 fully saturated rings. The quantitative estimate of drug-likeness (QED) is 0.239. The lowest BCUT2D eigenvalue weighted by Gasteiger charge is -2.28. The number of carbonyl (C=O) groups excluding carboxylic acids is 3. The SMILES string of the molecule is CCCCC(=O)C1CCC(c2ccc(CC(=O)Cc3ccc(C4CCC(C(=O)CCCC)CC4)cc3)cc2)CC1. The van der Waals surface area contributed by atoms with Gasteiger partial charge in [-0.1, -0.05) is 75.2 Å². The van der Waals surface area contributed by atoms with Crippen molar-refractivity contribution in [2.45, 2.75) is 128 Å². The summed E-state index contributed by atoms with van der Waals surface area (Å²) in [7, 11) is 0. The Kier molecular flexibility index (Phi) is 11.7. The zero-order valence-corrected chi connectivity index (χ0v) is 25.0. The van der Waals surface area contributed by atoms with Crippen molar-refractivity contribution in [3.63, 3.8) is 0 Å². The van der Waals surface area contributed by atoms with Crippen molar-refractivity contribution >= 4 is 17.3 Å². The molecule has 0 amide bonds. The van der Waals surface area contributed by atoms with Crippen molar-refractivity contribution in [2.75, 3.05) is 0 Å². The third-order valence-electron chi connectivity index (χ3n) is 9.62. The van der Waals surface area contributed by atoms with Crippen LogP contribution in [0, 0.1) is 11.8 Å². The second kappa shape index (κ2) is 15.5. The van der Waals surface area contributed by atoms with Gasteiger partial charge in [0, 0.05) is 37.5 Å². The molecule has 0 spiro atoms. The molecule has 2 saturated carbocycles. The highest BCUT2D eigenvalue weighted by Crippen LogP contribution is 2.38. The highest BCUT2D eigenvalue weighted by atomic mass is 16.1. The Morgan fingerprint density at radius 3 is 1.23 bits per heavy atom. The molecule has 0 atom stereocenters. The largest absolute Gasteiger partial charge is 0.299 e. The molecule has 0 N–H and O–H groups in total. The second-order valence-electron chi connectivity index (χ2n) is 12.6. The highest BCUT2D eigenvalue weighted by Gasteiger charge is 2.27. The van der Waals surface area contributed by atoms with E-state index in [4.69, 9.17) is 0 Å². The Hall–Kier alpha value is -2.55. The lowest BCUT2D eigenvalue weighted by atomic mass is 9.76. The van der Waals surface area contributed by atoms with Crippen LogP contribution >= 0.6 is 0 Å². The maximum atomic E-state index is 12.8. The molecule has 0 aromatic heterocycles. The minimum atomic E-state index is 0.248. The lowest BCUT2D eigenvalue weighted by molar-refractivity contribution is -0.124. The van der Waals surface area contributed by atoms with Gasteiger partial charge < -0.3 is 0 Å². The molecule has 3 heteroatoms. The first-order valence-corrected chi connectivity index (χ1v) is 16.2. The van der Waals surface area contributed by atoms with E-state index in [0.717, 1.165) is 101 Å². The predicted octanol–water partition coefficient (Wildman–Crippen LogP) is 9.11. The van der Waals surface area contributed by atoms with Crippen molar-refractivity contribution in [1.82, 2.24) is 0 Å². The van der Waals surface area contributed by atoms with Crippen LogP contribution in [-0.2, 0) is 27.2 Å². The standard InChI is InChI=1S/C37H50O3/c1-3-5-7-36(39)33-21-17-31(18-22-33)29-13-9-27(10-14-29)25-35(38)26-28-11-15-30(16-12-28)32-19-23-34(24-20-32)37(40)8-6-4-2/h9-16,31-34H,3-8,17-26H2,1-2H3. The molecule has 2 aliphatic carbocycles. The summed E-state index contributed by atoms with van der Waals surface area (Å²) in [6, 6.07) is 17.3. The number of hydrogen-bond donors (Lipinski definition) is 0. The van der Waals surface area contributed by atoms with Crippen LogP contribution in [0.5, 0.6) is 0 Å². The Balaban J connectivity index is 1.20. The van der Waals surface area contributed by atoms with Gasteiger partial charge in [0.1, 0.15) is 17.3 Å². The van der Waals surface area contributed by atoms with Crippen LogP contribution in [0.15, 0.2) is 48.5 Å². The van der Waals surface area contributed by atoms with Crippen molar-refractivity contribution < 1.29 is 14.4 Å². The van der Waals surface area contributed by atoms with Crippen molar-refractivity contribution in [3.05, 3.63) is 70.8 Å². The van der Waals surface area contributed by atoms with E-state index in [9.17, 15) is 14.4 Å². The predicted molar refractivity (Wildman–Crippen MR) is 164 cm³/mol. The van der Waals surface area contributed by atoms with E-state index < -0.39 is 0 Å². The minimum Gasteiger partial charge on any atom is -0.299 e. The van der Waals surface area contributed by atoms with Crippen LogP contribution in [0.25, 0.3) is 0 Å². The Bertz CT molecular complexity index is 994. The van der Waals surface area contributed by atoms with Gasteiger partial charge in [-0.25, -0.2) is 0 Å². The number of carbonyl (C=O) groups is 3. The Morgan fingerprint density at radius 1 is 0.550 bits per heavy atom. The summed E-state index contributed by atoms with van der Waals surface area (Å²) >= 11 is 0. The topological polar surface area (TPSA) is 51.2 Å². The first-order valence-electron chi connectivity index (χ1n) is 16.2. The van der Waals surface area contributed by atoms with Crippen molar-refractivity contribution in [1.29, 1.82) is 0 Å². The van der Waals surface area contributed by atoms with Gasteiger partial charge in [0.25, 0.3) is 0 Å². The summed E-state index contributed by atoms with van der Waals surface area (Å²) in [6.45, 7) is 4.29. The second-order valence-corrected chi connectivity index (χ2v) is 12.6. The van der Waals surface area contributed by atoms with Gasteiger partial charge in [-0.15, -0.1) is 0 Å². The molecular formula is C37H50O3. The van der Waals surface area contributed by atoms with E-state index in [1.807, 2.05) is 0 Å². The normalized spacial score (nSPS) is 23.1. The fraction of sp³-hybridized carbons (Fsp3) is 0.595. The average molecular weight is 543 g/mol. The zero-order chi connectivity index (χ0) is 28.3. The molecule has 0 aliphatic heterocycles. The van der Waals surface area contributed by atoms with E-state index in [1.54, 1.807) is 0 Å². The average Bonchev–Trinajstić information content (AvgIpc) is 2.99. The van der Waals surface area contributed by atoms with Crippen LogP contribution < -0.4 is 0 Å². The van der Waals surface area contributed by atoms with E-state index in [2.05, 4.69) is 62.4 Å². The Morgan fingerprint density at radius 2 is 0.900 bits per heavy atom. The lowest BCUT2D eigenvalue weighted by Crippen LogP contribution is -2.21. The van der Waals surface area contributed by atoms with E-state index in [-0.39, 0.29) is 17.6 Å². The molecule has 2 aromatic carbocycles. The first kappa shape index (κ1) is 30.4. The molecule has 0 radical (unpaired) electrons. The molecule has 216 valence electrons. The van der Waals surface area contributed by atoms with Gasteiger partial charge in [0.2, 0.25) is 0 Å². The smallest absolute Gasteiger partial charge is 0.141 e. The first-order chi connectivity index (χ1) is 19.5. The molecule has 0 bridgehead atoms. The molecule has 4 rings (SSSR count). The fourth-order valence-corrected chi connectivity index (χ4v) is 6.94. The van der Waals surface area contributed by atoms with E-state index in [1.165, 1.54) is 11.1 Å². The number of rotatable bonds is 14. The number of benzene rings is 2. The van der Waals surface area contributed by atoms with Gasteiger partial charge in [-0.3, -0.25) is 14.4 Å². The number of unbranched alkanes of at least 4 members (excludes halogenated alkanes) is 2. The van der Waals surface area contributed by atoms with Crippen LogP contribution in [0.1, 0.15) is 138 Å². The van der Waals surface area contributed by atoms with Gasteiger partial charge in [-0.05, 0) is 98.3 Å². The molecule has 2 aromatic rings. The van der Waals surface area contributed by atoms with Gasteiger partial charge >= 0.3 is 0 Å². The molecular weight excluding hydrogens is 492 g/mol. The number of ketones is 3. The number of hydrogen-bond acceptors (Lipinski definition) is 3. The third-order valence-corrected chi connectivity index (χ3v) is 9.62. The van der Waals surface area contributed by atoms with Crippen molar-refractivity contribution in [2.24, 2.45) is 11.8 Å². The molecule has 0 unspecified atom stereocenters. The van der Waals surface area contributed by atoms with Gasteiger partial charge in [0.15, 0.2) is 0 Å². The number of Topliss-reactive ketones (excluding diaryl/α,β-unsaturated/α-hetero) is 3. The van der Waals surface area contributed by atoms with Crippen LogP contribution in [0.4, 0.5) is 0 Å². The monoisotopic (exact) mass is 542 g/mol. The summed E-state index contributed by atoms with van der Waals surface area (Å²) in [6.07, 6.45) is 15.1. The summed E-state index contributed by atoms with van der Waals surface area (Å²) < 4.78 is 0. The third kappa shape index (κ3) is 8.72. The Labute approximate surface area is 242 Å². The molecule has 40 heavy (non-hydrogen) atoms. The summed E-state index contributed by atoms with van der Waals surface area (Å²) in [4.78, 5) is 37.6. The molecule has 0 heterocycles.